The van der Waals surface area contributed by atoms with Crippen molar-refractivity contribution < 1.29 is 19.0 Å². The molecule has 1 atom stereocenters. The Kier molecular flexibility index (Phi) is 3.62. The summed E-state index contributed by atoms with van der Waals surface area (Å²) in [6.45, 7) is 0.371. The van der Waals surface area contributed by atoms with Gasteiger partial charge in [-0.3, -0.25) is 0 Å². The monoisotopic (exact) mass is 284 g/mol. The van der Waals surface area contributed by atoms with Crippen LogP contribution in [0.3, 0.4) is 0 Å². The summed E-state index contributed by atoms with van der Waals surface area (Å²) in [6.07, 6.45) is 0.511. The quantitative estimate of drug-likeness (QED) is 0.808. The van der Waals surface area contributed by atoms with E-state index in [1.807, 2.05) is 54.6 Å². The van der Waals surface area contributed by atoms with E-state index in [1.54, 1.807) is 0 Å². The summed E-state index contributed by atoms with van der Waals surface area (Å²) in [6, 6.07) is 16.9. The molecule has 0 aliphatic carbocycles. The van der Waals surface area contributed by atoms with Crippen molar-refractivity contribution >= 4 is 5.97 Å². The average molecular weight is 284 g/mol. The fraction of sp³-hybridized carbons (Fsp3) is 0.235. The first-order chi connectivity index (χ1) is 10.2. The number of ether oxygens (including phenoxy) is 3. The number of rotatable bonds is 4. The molecular weight excluding hydrogens is 268 g/mol. The zero-order chi connectivity index (χ0) is 14.7. The van der Waals surface area contributed by atoms with Crippen LogP contribution in [0.4, 0.5) is 0 Å². The van der Waals surface area contributed by atoms with Crippen molar-refractivity contribution in [2.45, 2.75) is 12.0 Å². The molecule has 4 heteroatoms. The van der Waals surface area contributed by atoms with Crippen LogP contribution in [0, 0.1) is 0 Å². The van der Waals surface area contributed by atoms with Gasteiger partial charge in [-0.25, -0.2) is 4.79 Å². The molecule has 1 aliphatic heterocycles. The Hall–Kier alpha value is -2.33. The molecule has 2 aromatic carbocycles. The summed E-state index contributed by atoms with van der Waals surface area (Å²) in [5.74, 6) is 1.06. The Labute approximate surface area is 123 Å². The molecule has 2 aromatic rings. The molecule has 0 spiro atoms. The second-order valence-electron chi connectivity index (χ2n) is 4.86. The molecule has 0 radical (unpaired) electrons. The molecule has 0 N–H and O–H groups in total. The number of hydrogen-bond donors (Lipinski definition) is 0. The fourth-order valence-corrected chi connectivity index (χ4v) is 2.51. The number of methoxy groups -OCH3 is 1. The predicted molar refractivity (Wildman–Crippen MR) is 77.2 cm³/mol. The highest BCUT2D eigenvalue weighted by atomic mass is 16.6. The number of carbonyl (C=O) groups excluding carboxylic acids is 1. The van der Waals surface area contributed by atoms with E-state index in [0.29, 0.717) is 18.8 Å². The Balaban J connectivity index is 1.91. The molecular formula is C17H16O4. The van der Waals surface area contributed by atoms with Gasteiger partial charge >= 0.3 is 5.97 Å². The molecule has 0 aromatic heterocycles. The standard InChI is InChI=1S/C17H16O4/c1-19-17(10-11-20-16(17)18)13-6-5-9-15(12-13)21-14-7-3-2-4-8-14/h2-9,12H,10-11H2,1H3. The molecule has 1 aliphatic rings. The second kappa shape index (κ2) is 5.58. The molecule has 3 rings (SSSR count). The maximum absolute atomic E-state index is 12.0. The molecule has 4 nitrogen and oxygen atoms in total. The van der Waals surface area contributed by atoms with E-state index in [-0.39, 0.29) is 5.97 Å². The van der Waals surface area contributed by atoms with Crippen molar-refractivity contribution in [2.24, 2.45) is 0 Å². The van der Waals surface area contributed by atoms with Crippen molar-refractivity contribution in [3.05, 3.63) is 60.2 Å². The van der Waals surface area contributed by atoms with E-state index in [0.717, 1.165) is 11.3 Å². The smallest absolute Gasteiger partial charge is 0.343 e. The summed E-state index contributed by atoms with van der Waals surface area (Å²) in [5, 5.41) is 0. The van der Waals surface area contributed by atoms with Crippen LogP contribution >= 0.6 is 0 Å². The van der Waals surface area contributed by atoms with E-state index in [2.05, 4.69) is 0 Å². The first-order valence-corrected chi connectivity index (χ1v) is 6.80. The van der Waals surface area contributed by atoms with Gasteiger partial charge in [0.05, 0.1) is 6.61 Å². The summed E-state index contributed by atoms with van der Waals surface area (Å²) in [5.41, 5.74) is -0.267. The fourth-order valence-electron chi connectivity index (χ4n) is 2.51. The molecule has 1 saturated heterocycles. The number of benzene rings is 2. The van der Waals surface area contributed by atoms with Gasteiger partial charge in [-0.1, -0.05) is 30.3 Å². The van der Waals surface area contributed by atoms with E-state index in [1.165, 1.54) is 7.11 Å². The number of para-hydroxylation sites is 1. The van der Waals surface area contributed by atoms with Gasteiger partial charge in [-0.15, -0.1) is 0 Å². The van der Waals surface area contributed by atoms with Gasteiger partial charge in [-0.05, 0) is 29.8 Å². The molecule has 1 unspecified atom stereocenters. The Morgan fingerprint density at radius 2 is 1.81 bits per heavy atom. The van der Waals surface area contributed by atoms with Gasteiger partial charge < -0.3 is 14.2 Å². The third-order valence-electron chi connectivity index (χ3n) is 3.64. The molecule has 0 amide bonds. The topological polar surface area (TPSA) is 44.8 Å². The van der Waals surface area contributed by atoms with Gasteiger partial charge in [0.25, 0.3) is 0 Å². The van der Waals surface area contributed by atoms with Gasteiger partial charge in [0, 0.05) is 13.5 Å². The highest BCUT2D eigenvalue weighted by Crippen LogP contribution is 2.37. The summed E-state index contributed by atoms with van der Waals surface area (Å²) in [7, 11) is 1.53. The SMILES string of the molecule is COC1(c2cccc(Oc3ccccc3)c2)CCOC1=O. The molecule has 0 bridgehead atoms. The lowest BCUT2D eigenvalue weighted by molar-refractivity contribution is -0.156. The largest absolute Gasteiger partial charge is 0.463 e. The Morgan fingerprint density at radius 3 is 2.48 bits per heavy atom. The van der Waals surface area contributed by atoms with Crippen LogP contribution in [0.15, 0.2) is 54.6 Å². The molecule has 108 valence electrons. The maximum atomic E-state index is 12.0. The van der Waals surface area contributed by atoms with Crippen molar-refractivity contribution in [2.75, 3.05) is 13.7 Å². The van der Waals surface area contributed by atoms with Crippen LogP contribution in [0.25, 0.3) is 0 Å². The summed E-state index contributed by atoms with van der Waals surface area (Å²) >= 11 is 0. The van der Waals surface area contributed by atoms with Crippen LogP contribution in [0.1, 0.15) is 12.0 Å². The minimum absolute atomic E-state index is 0.345. The molecule has 21 heavy (non-hydrogen) atoms. The Morgan fingerprint density at radius 1 is 1.05 bits per heavy atom. The van der Waals surface area contributed by atoms with Crippen molar-refractivity contribution in [3.8, 4) is 11.5 Å². The van der Waals surface area contributed by atoms with Crippen LogP contribution in [-0.4, -0.2) is 19.7 Å². The number of cyclic esters (lactones) is 1. The minimum atomic E-state index is -1.02. The van der Waals surface area contributed by atoms with Crippen LogP contribution in [-0.2, 0) is 19.9 Å². The highest BCUT2D eigenvalue weighted by Gasteiger charge is 2.46. The van der Waals surface area contributed by atoms with Gasteiger partial charge in [0.15, 0.2) is 5.60 Å². The zero-order valence-corrected chi connectivity index (χ0v) is 11.7. The summed E-state index contributed by atoms with van der Waals surface area (Å²) < 4.78 is 16.3. The van der Waals surface area contributed by atoms with Crippen molar-refractivity contribution in [3.63, 3.8) is 0 Å². The van der Waals surface area contributed by atoms with Gasteiger partial charge in [0.2, 0.25) is 0 Å². The lowest BCUT2D eigenvalue weighted by Crippen LogP contribution is -2.33. The van der Waals surface area contributed by atoms with E-state index in [4.69, 9.17) is 14.2 Å². The number of carbonyl (C=O) groups is 1. The normalized spacial score (nSPS) is 21.1. The molecule has 1 fully saturated rings. The van der Waals surface area contributed by atoms with E-state index in [9.17, 15) is 4.79 Å². The first kappa shape index (κ1) is 13.6. The third kappa shape index (κ3) is 2.50. The second-order valence-corrected chi connectivity index (χ2v) is 4.86. The van der Waals surface area contributed by atoms with E-state index >= 15 is 0 Å². The summed E-state index contributed by atoms with van der Waals surface area (Å²) in [4.78, 5) is 12.0. The number of hydrogen-bond acceptors (Lipinski definition) is 4. The average Bonchev–Trinajstić information content (AvgIpc) is 2.90. The van der Waals surface area contributed by atoms with Gasteiger partial charge in [-0.2, -0.15) is 0 Å². The van der Waals surface area contributed by atoms with Gasteiger partial charge in [0.1, 0.15) is 11.5 Å². The first-order valence-electron chi connectivity index (χ1n) is 6.80. The third-order valence-corrected chi connectivity index (χ3v) is 3.64. The number of esters is 1. The predicted octanol–water partition coefficient (Wildman–Crippen LogP) is 3.27. The van der Waals surface area contributed by atoms with Crippen LogP contribution < -0.4 is 4.74 Å². The lowest BCUT2D eigenvalue weighted by atomic mass is 9.92. The highest BCUT2D eigenvalue weighted by molar-refractivity contribution is 5.83. The van der Waals surface area contributed by atoms with Crippen molar-refractivity contribution in [1.82, 2.24) is 0 Å². The maximum Gasteiger partial charge on any atom is 0.343 e. The van der Waals surface area contributed by atoms with Crippen LogP contribution in [0.5, 0.6) is 11.5 Å². The minimum Gasteiger partial charge on any atom is -0.463 e. The van der Waals surface area contributed by atoms with E-state index < -0.39 is 5.60 Å². The molecule has 1 heterocycles. The zero-order valence-electron chi connectivity index (χ0n) is 11.7. The molecule has 0 saturated carbocycles. The van der Waals surface area contributed by atoms with Crippen LogP contribution in [0.2, 0.25) is 0 Å². The van der Waals surface area contributed by atoms with Crippen molar-refractivity contribution in [1.29, 1.82) is 0 Å². The Bertz CT molecular complexity index is 638. The lowest BCUT2D eigenvalue weighted by Gasteiger charge is -2.23.